The number of anilines is 1. The molecule has 0 aliphatic heterocycles. The summed E-state index contributed by atoms with van der Waals surface area (Å²) in [6.45, 7) is 5.66. The molecule has 0 heterocycles. The van der Waals surface area contributed by atoms with E-state index in [2.05, 4.69) is 19.2 Å². The molecule has 1 amide bonds. The second-order valence-corrected chi connectivity index (χ2v) is 5.83. The molecule has 0 aromatic heterocycles. The van der Waals surface area contributed by atoms with Crippen molar-refractivity contribution in [1.29, 1.82) is 0 Å². The first-order valence-electron chi connectivity index (χ1n) is 7.78. The maximum atomic E-state index is 12.1. The summed E-state index contributed by atoms with van der Waals surface area (Å²) in [5, 5.41) is 12.3. The maximum Gasteiger partial charge on any atom is 0.342 e. The molecule has 0 bridgehead atoms. The summed E-state index contributed by atoms with van der Waals surface area (Å²) in [5.41, 5.74) is 1.83. The zero-order valence-electron chi connectivity index (χ0n) is 13.9. The van der Waals surface area contributed by atoms with Crippen LogP contribution < -0.4 is 5.32 Å². The fourth-order valence-corrected chi connectivity index (χ4v) is 2.12. The molecule has 24 heavy (non-hydrogen) atoms. The molecule has 0 unspecified atom stereocenters. The SMILES string of the molecule is CC(C)c1ccc(NC(=O)[C@@H](C)OC(=O)c2ccccc2O)cc1. The highest BCUT2D eigenvalue weighted by atomic mass is 16.5. The van der Waals surface area contributed by atoms with E-state index in [9.17, 15) is 14.7 Å². The van der Waals surface area contributed by atoms with Crippen molar-refractivity contribution in [1.82, 2.24) is 0 Å². The lowest BCUT2D eigenvalue weighted by atomic mass is 10.0. The standard InChI is InChI=1S/C19H21NO4/c1-12(2)14-8-10-15(11-9-14)20-18(22)13(3)24-19(23)16-6-4-5-7-17(16)21/h4-13,21H,1-3H3,(H,20,22)/t13-/m1/s1. The Bertz CT molecular complexity index is 722. The average Bonchev–Trinajstić information content (AvgIpc) is 2.55. The largest absolute Gasteiger partial charge is 0.507 e. The molecule has 5 heteroatoms. The summed E-state index contributed by atoms with van der Waals surface area (Å²) in [6, 6.07) is 13.5. The van der Waals surface area contributed by atoms with Crippen LogP contribution in [0.2, 0.25) is 0 Å². The molecule has 5 nitrogen and oxygen atoms in total. The number of carbonyl (C=O) groups is 2. The number of para-hydroxylation sites is 1. The molecule has 0 saturated carbocycles. The summed E-state index contributed by atoms with van der Waals surface area (Å²) >= 11 is 0. The Morgan fingerprint density at radius 1 is 1.00 bits per heavy atom. The predicted octanol–water partition coefficient (Wildman–Crippen LogP) is 3.70. The quantitative estimate of drug-likeness (QED) is 0.821. The highest BCUT2D eigenvalue weighted by molar-refractivity contribution is 5.98. The Labute approximate surface area is 141 Å². The summed E-state index contributed by atoms with van der Waals surface area (Å²) in [4.78, 5) is 24.1. The zero-order valence-corrected chi connectivity index (χ0v) is 13.9. The predicted molar refractivity (Wildman–Crippen MR) is 92.1 cm³/mol. The zero-order chi connectivity index (χ0) is 17.7. The smallest absolute Gasteiger partial charge is 0.342 e. The number of amides is 1. The third-order valence-electron chi connectivity index (χ3n) is 3.62. The third kappa shape index (κ3) is 4.35. The number of hydrogen-bond acceptors (Lipinski definition) is 4. The number of benzene rings is 2. The number of rotatable bonds is 5. The van der Waals surface area contributed by atoms with Crippen LogP contribution in [0, 0.1) is 0 Å². The molecule has 0 fully saturated rings. The monoisotopic (exact) mass is 327 g/mol. The van der Waals surface area contributed by atoms with Crippen LogP contribution in [0.25, 0.3) is 0 Å². The van der Waals surface area contributed by atoms with Crippen molar-refractivity contribution in [3.63, 3.8) is 0 Å². The number of ether oxygens (including phenoxy) is 1. The first-order chi connectivity index (χ1) is 11.4. The normalized spacial score (nSPS) is 11.8. The molecule has 1 atom stereocenters. The topological polar surface area (TPSA) is 75.6 Å². The van der Waals surface area contributed by atoms with Gasteiger partial charge in [-0.1, -0.05) is 38.1 Å². The van der Waals surface area contributed by atoms with Crippen molar-refractivity contribution in [3.05, 3.63) is 59.7 Å². The number of phenols is 1. The van der Waals surface area contributed by atoms with Gasteiger partial charge in [0.05, 0.1) is 0 Å². The van der Waals surface area contributed by atoms with Gasteiger partial charge in [0.15, 0.2) is 6.10 Å². The fourth-order valence-electron chi connectivity index (χ4n) is 2.12. The second kappa shape index (κ2) is 7.64. The number of esters is 1. The van der Waals surface area contributed by atoms with Crippen molar-refractivity contribution in [2.75, 3.05) is 5.32 Å². The minimum atomic E-state index is -0.984. The molecule has 0 aliphatic rings. The van der Waals surface area contributed by atoms with Crippen LogP contribution in [0.5, 0.6) is 5.75 Å². The number of phenolic OH excluding ortho intramolecular Hbond substituents is 1. The minimum Gasteiger partial charge on any atom is -0.507 e. The van der Waals surface area contributed by atoms with E-state index in [4.69, 9.17) is 4.74 Å². The fraction of sp³-hybridized carbons (Fsp3) is 0.263. The van der Waals surface area contributed by atoms with Gasteiger partial charge in [0.25, 0.3) is 5.91 Å². The van der Waals surface area contributed by atoms with Crippen LogP contribution in [0.4, 0.5) is 5.69 Å². The molecule has 0 aliphatic carbocycles. The van der Waals surface area contributed by atoms with Crippen LogP contribution in [-0.4, -0.2) is 23.1 Å². The Balaban J connectivity index is 1.97. The second-order valence-electron chi connectivity index (χ2n) is 5.83. The van der Waals surface area contributed by atoms with Crippen molar-refractivity contribution < 1.29 is 19.4 Å². The Hall–Kier alpha value is -2.82. The molecule has 2 N–H and O–H groups in total. The lowest BCUT2D eigenvalue weighted by Gasteiger charge is -2.14. The summed E-state index contributed by atoms with van der Waals surface area (Å²) < 4.78 is 5.10. The van der Waals surface area contributed by atoms with Crippen LogP contribution in [0.1, 0.15) is 42.6 Å². The minimum absolute atomic E-state index is 0.0263. The number of aromatic hydroxyl groups is 1. The van der Waals surface area contributed by atoms with Gasteiger partial charge in [-0.05, 0) is 42.7 Å². The molecule has 126 valence electrons. The van der Waals surface area contributed by atoms with Gasteiger partial charge < -0.3 is 15.2 Å². The number of carbonyl (C=O) groups excluding carboxylic acids is 2. The van der Waals surface area contributed by atoms with Crippen LogP contribution >= 0.6 is 0 Å². The molecular formula is C19H21NO4. The highest BCUT2D eigenvalue weighted by Crippen LogP contribution is 2.19. The van der Waals surface area contributed by atoms with Crippen LogP contribution in [0.15, 0.2) is 48.5 Å². The van der Waals surface area contributed by atoms with Gasteiger partial charge in [-0.15, -0.1) is 0 Å². The molecule has 0 saturated heterocycles. The lowest BCUT2D eigenvalue weighted by molar-refractivity contribution is -0.123. The highest BCUT2D eigenvalue weighted by Gasteiger charge is 2.20. The molecule has 2 aromatic carbocycles. The Kier molecular flexibility index (Phi) is 5.58. The van der Waals surface area contributed by atoms with Crippen LogP contribution in [-0.2, 0) is 9.53 Å². The first kappa shape index (κ1) is 17.5. The average molecular weight is 327 g/mol. The van der Waals surface area contributed by atoms with E-state index in [0.717, 1.165) is 0 Å². The van der Waals surface area contributed by atoms with Gasteiger partial charge in [-0.25, -0.2) is 4.79 Å². The Morgan fingerprint density at radius 3 is 2.21 bits per heavy atom. The summed E-state index contributed by atoms with van der Waals surface area (Å²) in [5.74, 6) is -0.950. The van der Waals surface area contributed by atoms with E-state index >= 15 is 0 Å². The van der Waals surface area contributed by atoms with Gasteiger partial charge >= 0.3 is 5.97 Å². The van der Waals surface area contributed by atoms with E-state index in [-0.39, 0.29) is 11.3 Å². The maximum absolute atomic E-state index is 12.1. The Morgan fingerprint density at radius 2 is 1.62 bits per heavy atom. The van der Waals surface area contributed by atoms with Gasteiger partial charge in [0.1, 0.15) is 11.3 Å². The van der Waals surface area contributed by atoms with E-state index in [1.54, 1.807) is 12.1 Å². The molecule has 0 radical (unpaired) electrons. The van der Waals surface area contributed by atoms with E-state index in [1.807, 2.05) is 24.3 Å². The van der Waals surface area contributed by atoms with Crippen molar-refractivity contribution >= 4 is 17.6 Å². The van der Waals surface area contributed by atoms with Gasteiger partial charge in [-0.3, -0.25) is 4.79 Å². The number of nitrogens with one attached hydrogen (secondary N) is 1. The first-order valence-corrected chi connectivity index (χ1v) is 7.78. The van der Waals surface area contributed by atoms with Crippen LogP contribution in [0.3, 0.4) is 0 Å². The number of hydrogen-bond donors (Lipinski definition) is 2. The van der Waals surface area contributed by atoms with E-state index in [0.29, 0.717) is 11.6 Å². The molecule has 2 aromatic rings. The summed E-state index contributed by atoms with van der Waals surface area (Å²) in [6.07, 6.45) is -0.984. The van der Waals surface area contributed by atoms with Gasteiger partial charge in [0.2, 0.25) is 0 Å². The lowest BCUT2D eigenvalue weighted by Crippen LogP contribution is -2.30. The van der Waals surface area contributed by atoms with E-state index in [1.165, 1.54) is 24.6 Å². The third-order valence-corrected chi connectivity index (χ3v) is 3.62. The molecule has 0 spiro atoms. The summed E-state index contributed by atoms with van der Waals surface area (Å²) in [7, 11) is 0. The van der Waals surface area contributed by atoms with Crippen molar-refractivity contribution in [2.45, 2.75) is 32.8 Å². The van der Waals surface area contributed by atoms with Crippen molar-refractivity contribution in [2.24, 2.45) is 0 Å². The van der Waals surface area contributed by atoms with Crippen molar-refractivity contribution in [3.8, 4) is 5.75 Å². The molecular weight excluding hydrogens is 306 g/mol. The van der Waals surface area contributed by atoms with Gasteiger partial charge in [-0.2, -0.15) is 0 Å². The molecule has 2 rings (SSSR count). The van der Waals surface area contributed by atoms with Gasteiger partial charge in [0, 0.05) is 5.69 Å². The van der Waals surface area contributed by atoms with E-state index < -0.39 is 18.0 Å².